The van der Waals surface area contributed by atoms with Crippen LogP contribution in [0.15, 0.2) is 89.7 Å². The summed E-state index contributed by atoms with van der Waals surface area (Å²) >= 11 is 0. The molecule has 0 fully saturated rings. The van der Waals surface area contributed by atoms with Crippen LogP contribution in [0.3, 0.4) is 0 Å². The monoisotopic (exact) mass is 370 g/mol. The molecule has 5 nitrogen and oxygen atoms in total. The first kappa shape index (κ1) is 17.5. The Morgan fingerprint density at radius 3 is 2.25 bits per heavy atom. The molecule has 1 aromatic heterocycles. The highest BCUT2D eigenvalue weighted by Gasteiger charge is 2.18. The first-order valence-electron chi connectivity index (χ1n) is 8.80. The van der Waals surface area contributed by atoms with E-state index in [1.165, 1.54) is 6.07 Å². The average Bonchev–Trinajstić information content (AvgIpc) is 3.11. The smallest absolute Gasteiger partial charge is 0.220 e. The Kier molecular flexibility index (Phi) is 4.64. The van der Waals surface area contributed by atoms with Gasteiger partial charge in [0, 0.05) is 11.1 Å². The Bertz CT molecular complexity index is 1180. The fourth-order valence-corrected chi connectivity index (χ4v) is 3.12. The van der Waals surface area contributed by atoms with Gasteiger partial charge in [-0.1, -0.05) is 42.5 Å². The van der Waals surface area contributed by atoms with Crippen molar-refractivity contribution in [2.75, 3.05) is 7.11 Å². The van der Waals surface area contributed by atoms with Crippen LogP contribution in [0.4, 0.5) is 0 Å². The first-order valence-corrected chi connectivity index (χ1v) is 8.80. The molecule has 0 bridgehead atoms. The third-order valence-electron chi connectivity index (χ3n) is 4.48. The van der Waals surface area contributed by atoms with Crippen molar-refractivity contribution in [2.24, 2.45) is 0 Å². The van der Waals surface area contributed by atoms with Crippen molar-refractivity contribution in [1.29, 1.82) is 0 Å². The summed E-state index contributed by atoms with van der Waals surface area (Å²) in [4.78, 5) is 12.0. The third-order valence-corrected chi connectivity index (χ3v) is 4.48. The van der Waals surface area contributed by atoms with Crippen molar-refractivity contribution >= 4 is 0 Å². The molecule has 3 aromatic carbocycles. The van der Waals surface area contributed by atoms with E-state index >= 15 is 0 Å². The van der Waals surface area contributed by atoms with Gasteiger partial charge in [-0.25, -0.2) is 4.68 Å². The van der Waals surface area contributed by atoms with Crippen LogP contribution >= 0.6 is 0 Å². The third kappa shape index (κ3) is 3.14. The number of rotatable bonds is 4. The lowest BCUT2D eigenvalue weighted by Crippen LogP contribution is -2.00. The van der Waals surface area contributed by atoms with Crippen molar-refractivity contribution in [3.63, 3.8) is 0 Å². The van der Waals surface area contributed by atoms with E-state index in [4.69, 9.17) is 9.84 Å². The Hall–Kier alpha value is -3.86. The van der Waals surface area contributed by atoms with Crippen LogP contribution in [-0.2, 0) is 0 Å². The Morgan fingerprint density at radius 2 is 1.50 bits per heavy atom. The molecule has 1 N–H and O–H groups in total. The molecule has 5 heteroatoms. The van der Waals surface area contributed by atoms with Crippen LogP contribution in [0.25, 0.3) is 28.2 Å². The summed E-state index contributed by atoms with van der Waals surface area (Å²) in [6, 6.07) is 25.5. The molecule has 0 saturated heterocycles. The fraction of sp³-hybridized carbons (Fsp3) is 0.0435. The Labute approximate surface area is 162 Å². The molecule has 0 radical (unpaired) electrons. The minimum Gasteiger partial charge on any atom is -0.504 e. The van der Waals surface area contributed by atoms with Gasteiger partial charge in [-0.15, -0.1) is 0 Å². The molecule has 1 heterocycles. The van der Waals surface area contributed by atoms with Crippen molar-refractivity contribution in [2.45, 2.75) is 0 Å². The quantitative estimate of drug-likeness (QED) is 0.582. The van der Waals surface area contributed by atoms with Gasteiger partial charge in [0.1, 0.15) is 5.75 Å². The Balaban J connectivity index is 2.00. The number of hydrogen-bond acceptors (Lipinski definition) is 4. The molecule has 0 aliphatic carbocycles. The van der Waals surface area contributed by atoms with E-state index in [0.29, 0.717) is 17.0 Å². The number of nitrogens with zero attached hydrogens (tertiary/aromatic N) is 2. The molecule has 0 aliphatic rings. The lowest BCUT2D eigenvalue weighted by molar-refractivity contribution is 0.416. The summed E-state index contributed by atoms with van der Waals surface area (Å²) in [5, 5.41) is 15.1. The number of ether oxygens (including phenoxy) is 1. The largest absolute Gasteiger partial charge is 0.504 e. The van der Waals surface area contributed by atoms with E-state index in [9.17, 15) is 9.90 Å². The molecule has 0 aliphatic heterocycles. The molecule has 0 amide bonds. The molecule has 4 aromatic rings. The molecule has 0 unspecified atom stereocenters. The predicted molar refractivity (Wildman–Crippen MR) is 109 cm³/mol. The van der Waals surface area contributed by atoms with Crippen LogP contribution in [0, 0.1) is 0 Å². The topological polar surface area (TPSA) is 64.3 Å². The zero-order chi connectivity index (χ0) is 19.5. The van der Waals surface area contributed by atoms with Crippen molar-refractivity contribution in [1.82, 2.24) is 9.78 Å². The number of aromatic hydroxyl groups is 1. The van der Waals surface area contributed by atoms with Gasteiger partial charge in [-0.2, -0.15) is 5.10 Å². The molecule has 138 valence electrons. The van der Waals surface area contributed by atoms with Crippen molar-refractivity contribution < 1.29 is 9.84 Å². The summed E-state index contributed by atoms with van der Waals surface area (Å²) in [7, 11) is 1.62. The summed E-state index contributed by atoms with van der Waals surface area (Å²) in [6.07, 6.45) is 0. The van der Waals surface area contributed by atoms with Gasteiger partial charge in [0.05, 0.1) is 24.2 Å². The lowest BCUT2D eigenvalue weighted by atomic mass is 10.1. The van der Waals surface area contributed by atoms with Gasteiger partial charge < -0.3 is 9.84 Å². The summed E-state index contributed by atoms with van der Waals surface area (Å²) in [6.45, 7) is 0. The first-order chi connectivity index (χ1) is 13.7. The SMILES string of the molecule is COc1ccccc1-c1cc(-c2ccccc(=O)c2O)nn1-c1ccccc1. The molecular formula is C23H18N2O3. The van der Waals surface area contributed by atoms with Gasteiger partial charge in [0.15, 0.2) is 5.75 Å². The highest BCUT2D eigenvalue weighted by atomic mass is 16.5. The summed E-state index contributed by atoms with van der Waals surface area (Å²) < 4.78 is 7.30. The standard InChI is InChI=1S/C23H18N2O3/c1-28-22-14-8-6-12-18(22)20-15-19(17-11-5-7-13-21(26)23(17)27)24-25(20)16-9-3-2-4-10-16/h2-15H,1H3,(H,26,27). The zero-order valence-electron chi connectivity index (χ0n) is 15.2. The van der Waals surface area contributed by atoms with E-state index in [2.05, 4.69) is 0 Å². The lowest BCUT2D eigenvalue weighted by Gasteiger charge is -2.10. The number of methoxy groups -OCH3 is 1. The van der Waals surface area contributed by atoms with Gasteiger partial charge in [-0.3, -0.25) is 4.79 Å². The van der Waals surface area contributed by atoms with Crippen LogP contribution in [0.2, 0.25) is 0 Å². The van der Waals surface area contributed by atoms with Crippen LogP contribution in [0.1, 0.15) is 0 Å². The number of hydrogen-bond donors (Lipinski definition) is 1. The average molecular weight is 370 g/mol. The number of aromatic nitrogens is 2. The van der Waals surface area contributed by atoms with Crippen LogP contribution in [0.5, 0.6) is 11.5 Å². The van der Waals surface area contributed by atoms with E-state index < -0.39 is 5.43 Å². The highest BCUT2D eigenvalue weighted by molar-refractivity contribution is 5.76. The molecule has 0 atom stereocenters. The van der Waals surface area contributed by atoms with Gasteiger partial charge in [0.25, 0.3) is 0 Å². The minimum absolute atomic E-state index is 0.325. The van der Waals surface area contributed by atoms with E-state index in [-0.39, 0.29) is 5.75 Å². The van der Waals surface area contributed by atoms with Gasteiger partial charge in [-0.05, 0) is 42.5 Å². The number of benzene rings is 2. The van der Waals surface area contributed by atoms with Crippen molar-refractivity contribution in [3.8, 4) is 39.7 Å². The van der Waals surface area contributed by atoms with Gasteiger partial charge >= 0.3 is 0 Å². The summed E-state index contributed by atoms with van der Waals surface area (Å²) in [5.41, 5.74) is 2.92. The van der Waals surface area contributed by atoms with Crippen LogP contribution < -0.4 is 10.2 Å². The van der Waals surface area contributed by atoms with Crippen molar-refractivity contribution in [3.05, 3.63) is 95.2 Å². The number of para-hydroxylation sites is 2. The molecular weight excluding hydrogens is 352 g/mol. The maximum Gasteiger partial charge on any atom is 0.220 e. The molecule has 28 heavy (non-hydrogen) atoms. The normalized spacial score (nSPS) is 10.6. The molecule has 0 spiro atoms. The van der Waals surface area contributed by atoms with E-state index in [0.717, 1.165) is 16.9 Å². The zero-order valence-corrected chi connectivity index (χ0v) is 15.2. The maximum atomic E-state index is 12.0. The second-order valence-corrected chi connectivity index (χ2v) is 6.21. The van der Waals surface area contributed by atoms with E-state index in [1.54, 1.807) is 30.0 Å². The highest BCUT2D eigenvalue weighted by Crippen LogP contribution is 2.35. The van der Waals surface area contributed by atoms with Crippen LogP contribution in [-0.4, -0.2) is 22.0 Å². The van der Waals surface area contributed by atoms with Gasteiger partial charge in [0.2, 0.25) is 5.43 Å². The second-order valence-electron chi connectivity index (χ2n) is 6.21. The minimum atomic E-state index is -0.451. The molecule has 4 rings (SSSR count). The van der Waals surface area contributed by atoms with E-state index in [1.807, 2.05) is 60.7 Å². The maximum absolute atomic E-state index is 12.0. The Morgan fingerprint density at radius 1 is 0.857 bits per heavy atom. The summed E-state index contributed by atoms with van der Waals surface area (Å²) in [5.74, 6) is 0.382. The predicted octanol–water partition coefficient (Wildman–Crippen LogP) is 4.28. The fourth-order valence-electron chi connectivity index (χ4n) is 3.12. The second kappa shape index (κ2) is 7.40. The molecule has 0 saturated carbocycles.